The standard InChI is InChI=1S/C12H17N3/c1-6-13-11(14-7-1)8-15-12(9-2-3-9)10-4-5-10/h1,6-7,9-10,12,15H,2-5,8H2. The lowest BCUT2D eigenvalue weighted by Gasteiger charge is -2.16. The molecule has 3 heteroatoms. The zero-order valence-corrected chi connectivity index (χ0v) is 8.89. The fourth-order valence-electron chi connectivity index (χ4n) is 2.26. The molecule has 0 bridgehead atoms. The van der Waals surface area contributed by atoms with Gasteiger partial charge in [-0.2, -0.15) is 0 Å². The molecule has 1 aromatic heterocycles. The van der Waals surface area contributed by atoms with Crippen LogP contribution in [0.25, 0.3) is 0 Å². The Balaban J connectivity index is 1.55. The number of aromatic nitrogens is 2. The Morgan fingerprint density at radius 1 is 1.13 bits per heavy atom. The molecule has 0 amide bonds. The molecule has 0 atom stereocenters. The van der Waals surface area contributed by atoms with Gasteiger partial charge in [0.2, 0.25) is 0 Å². The summed E-state index contributed by atoms with van der Waals surface area (Å²) in [6.45, 7) is 0.832. The second kappa shape index (κ2) is 3.89. The molecule has 0 radical (unpaired) electrons. The molecule has 2 aliphatic carbocycles. The second-order valence-corrected chi connectivity index (χ2v) is 4.75. The van der Waals surface area contributed by atoms with Crippen LogP contribution in [0.3, 0.4) is 0 Å². The van der Waals surface area contributed by atoms with E-state index in [-0.39, 0.29) is 0 Å². The van der Waals surface area contributed by atoms with Crippen molar-refractivity contribution in [1.29, 1.82) is 0 Å². The van der Waals surface area contributed by atoms with Gasteiger partial charge in [-0.15, -0.1) is 0 Å². The Labute approximate surface area is 90.3 Å². The predicted octanol–water partition coefficient (Wildman–Crippen LogP) is 1.75. The Kier molecular flexibility index (Phi) is 2.41. The Hall–Kier alpha value is -0.960. The molecule has 1 N–H and O–H groups in total. The molecule has 1 heterocycles. The number of nitrogens with zero attached hydrogens (tertiary/aromatic N) is 2. The van der Waals surface area contributed by atoms with Gasteiger partial charge in [0.1, 0.15) is 5.82 Å². The van der Waals surface area contributed by atoms with Crippen LogP contribution < -0.4 is 5.32 Å². The van der Waals surface area contributed by atoms with Gasteiger partial charge in [-0.25, -0.2) is 9.97 Å². The molecule has 3 rings (SSSR count). The van der Waals surface area contributed by atoms with Crippen LogP contribution in [-0.4, -0.2) is 16.0 Å². The smallest absolute Gasteiger partial charge is 0.141 e. The quantitative estimate of drug-likeness (QED) is 0.792. The van der Waals surface area contributed by atoms with Gasteiger partial charge in [0.25, 0.3) is 0 Å². The van der Waals surface area contributed by atoms with Gasteiger partial charge in [-0.05, 0) is 43.6 Å². The summed E-state index contributed by atoms with van der Waals surface area (Å²) in [6.07, 6.45) is 9.31. The highest BCUT2D eigenvalue weighted by Gasteiger charge is 2.40. The first-order valence-corrected chi connectivity index (χ1v) is 5.93. The summed E-state index contributed by atoms with van der Waals surface area (Å²) in [4.78, 5) is 8.47. The lowest BCUT2D eigenvalue weighted by atomic mass is 10.1. The monoisotopic (exact) mass is 203 g/mol. The molecular weight excluding hydrogens is 186 g/mol. The summed E-state index contributed by atoms with van der Waals surface area (Å²) < 4.78 is 0. The SMILES string of the molecule is c1cnc(CNC(C2CC2)C2CC2)nc1. The van der Waals surface area contributed by atoms with Crippen molar-refractivity contribution in [3.63, 3.8) is 0 Å². The zero-order valence-electron chi connectivity index (χ0n) is 8.89. The van der Waals surface area contributed by atoms with Gasteiger partial charge < -0.3 is 5.32 Å². The van der Waals surface area contributed by atoms with Crippen molar-refractivity contribution in [1.82, 2.24) is 15.3 Å². The first-order valence-electron chi connectivity index (χ1n) is 5.93. The maximum absolute atomic E-state index is 4.24. The van der Waals surface area contributed by atoms with Gasteiger partial charge in [0.15, 0.2) is 0 Å². The van der Waals surface area contributed by atoms with E-state index >= 15 is 0 Å². The Morgan fingerprint density at radius 3 is 2.27 bits per heavy atom. The normalized spacial score (nSPS) is 20.9. The number of nitrogens with one attached hydrogen (secondary N) is 1. The minimum Gasteiger partial charge on any atom is -0.306 e. The number of hydrogen-bond donors (Lipinski definition) is 1. The summed E-state index contributed by atoms with van der Waals surface area (Å²) in [5.74, 6) is 2.81. The van der Waals surface area contributed by atoms with E-state index in [1.165, 1.54) is 25.7 Å². The topological polar surface area (TPSA) is 37.8 Å². The van der Waals surface area contributed by atoms with Gasteiger partial charge in [0.05, 0.1) is 6.54 Å². The predicted molar refractivity (Wildman–Crippen MR) is 58.1 cm³/mol. The lowest BCUT2D eigenvalue weighted by Crippen LogP contribution is -2.33. The minimum atomic E-state index is 0.744. The molecule has 80 valence electrons. The molecule has 0 aliphatic heterocycles. The first kappa shape index (κ1) is 9.28. The van der Waals surface area contributed by atoms with Crippen molar-refractivity contribution in [3.05, 3.63) is 24.3 Å². The highest BCUT2D eigenvalue weighted by Crippen LogP contribution is 2.44. The number of rotatable bonds is 5. The fourth-order valence-corrected chi connectivity index (χ4v) is 2.26. The van der Waals surface area contributed by atoms with Crippen molar-refractivity contribution in [3.8, 4) is 0 Å². The molecule has 3 nitrogen and oxygen atoms in total. The van der Waals surface area contributed by atoms with Crippen LogP contribution in [0.4, 0.5) is 0 Å². The van der Waals surface area contributed by atoms with Crippen molar-refractivity contribution in [2.45, 2.75) is 38.3 Å². The highest BCUT2D eigenvalue weighted by atomic mass is 15.0. The van der Waals surface area contributed by atoms with E-state index in [0.29, 0.717) is 0 Å². The first-order chi connectivity index (χ1) is 7.43. The average Bonchev–Trinajstić information content (AvgIpc) is 3.14. The third kappa shape index (κ3) is 2.34. The summed E-state index contributed by atoms with van der Waals surface area (Å²) in [7, 11) is 0. The molecular formula is C12H17N3. The molecule has 2 fully saturated rings. The lowest BCUT2D eigenvalue weighted by molar-refractivity contribution is 0.410. The number of hydrogen-bond acceptors (Lipinski definition) is 3. The van der Waals surface area contributed by atoms with Crippen LogP contribution in [0.5, 0.6) is 0 Å². The van der Waals surface area contributed by atoms with Crippen LogP contribution in [0.15, 0.2) is 18.5 Å². The van der Waals surface area contributed by atoms with Crippen LogP contribution in [0.1, 0.15) is 31.5 Å². The minimum absolute atomic E-state index is 0.744. The van der Waals surface area contributed by atoms with Crippen LogP contribution >= 0.6 is 0 Å². The van der Waals surface area contributed by atoms with Crippen LogP contribution in [-0.2, 0) is 6.54 Å². The molecule has 2 saturated carbocycles. The van der Waals surface area contributed by atoms with E-state index in [1.54, 1.807) is 0 Å². The van der Waals surface area contributed by atoms with Crippen molar-refractivity contribution in [2.75, 3.05) is 0 Å². The largest absolute Gasteiger partial charge is 0.306 e. The molecule has 0 spiro atoms. The Morgan fingerprint density at radius 2 is 1.73 bits per heavy atom. The van der Waals surface area contributed by atoms with E-state index in [2.05, 4.69) is 15.3 Å². The zero-order chi connectivity index (χ0) is 10.1. The molecule has 0 aromatic carbocycles. The van der Waals surface area contributed by atoms with E-state index in [0.717, 1.165) is 30.2 Å². The summed E-state index contributed by atoms with van der Waals surface area (Å²) >= 11 is 0. The molecule has 1 aromatic rings. The molecule has 15 heavy (non-hydrogen) atoms. The summed E-state index contributed by atoms with van der Waals surface area (Å²) in [5, 5.41) is 3.63. The summed E-state index contributed by atoms with van der Waals surface area (Å²) in [5.41, 5.74) is 0. The van der Waals surface area contributed by atoms with Gasteiger partial charge in [-0.3, -0.25) is 0 Å². The van der Waals surface area contributed by atoms with Crippen molar-refractivity contribution < 1.29 is 0 Å². The highest BCUT2D eigenvalue weighted by molar-refractivity contribution is 4.97. The fraction of sp³-hybridized carbons (Fsp3) is 0.667. The van der Waals surface area contributed by atoms with E-state index in [4.69, 9.17) is 0 Å². The van der Waals surface area contributed by atoms with E-state index in [1.807, 2.05) is 18.5 Å². The van der Waals surface area contributed by atoms with Gasteiger partial charge >= 0.3 is 0 Å². The van der Waals surface area contributed by atoms with Gasteiger partial charge in [0, 0.05) is 18.4 Å². The van der Waals surface area contributed by atoms with Crippen LogP contribution in [0, 0.1) is 11.8 Å². The second-order valence-electron chi connectivity index (χ2n) is 4.75. The van der Waals surface area contributed by atoms with E-state index < -0.39 is 0 Å². The molecule has 0 saturated heterocycles. The average molecular weight is 203 g/mol. The van der Waals surface area contributed by atoms with Gasteiger partial charge in [-0.1, -0.05) is 0 Å². The molecule has 2 aliphatic rings. The van der Waals surface area contributed by atoms with Crippen LogP contribution in [0.2, 0.25) is 0 Å². The van der Waals surface area contributed by atoms with Crippen molar-refractivity contribution in [2.24, 2.45) is 11.8 Å². The summed E-state index contributed by atoms with van der Waals surface area (Å²) in [6, 6.07) is 2.61. The maximum atomic E-state index is 4.24. The third-order valence-electron chi connectivity index (χ3n) is 3.37. The molecule has 0 unspecified atom stereocenters. The maximum Gasteiger partial charge on any atom is 0.141 e. The van der Waals surface area contributed by atoms with E-state index in [9.17, 15) is 0 Å². The van der Waals surface area contributed by atoms with Crippen molar-refractivity contribution >= 4 is 0 Å². The Bertz CT molecular complexity index is 305. The third-order valence-corrected chi connectivity index (χ3v) is 3.37.